The molecular formula is C40H41N5O16S. The minimum atomic E-state index is -1.51. The van der Waals surface area contributed by atoms with Crippen molar-refractivity contribution in [2.75, 3.05) is 11.9 Å². The van der Waals surface area contributed by atoms with Crippen LogP contribution < -0.4 is 32.0 Å². The Hall–Kier alpha value is -7.62. The van der Waals surface area contributed by atoms with Crippen molar-refractivity contribution in [2.24, 2.45) is 0 Å². The molecule has 0 saturated heterocycles. The van der Waals surface area contributed by atoms with E-state index in [1.54, 1.807) is 6.07 Å². The van der Waals surface area contributed by atoms with Crippen LogP contribution in [0.5, 0.6) is 5.75 Å². The molecule has 328 valence electrons. The first-order valence-electron chi connectivity index (χ1n) is 18.7. The van der Waals surface area contributed by atoms with Crippen molar-refractivity contribution < 1.29 is 73.0 Å². The van der Waals surface area contributed by atoms with Gasteiger partial charge in [0.25, 0.3) is 6.47 Å². The van der Waals surface area contributed by atoms with Gasteiger partial charge in [-0.2, -0.15) is 0 Å². The summed E-state index contributed by atoms with van der Waals surface area (Å²) in [6.45, 7) is 0.0168. The van der Waals surface area contributed by atoms with Gasteiger partial charge < -0.3 is 61.3 Å². The van der Waals surface area contributed by atoms with Crippen molar-refractivity contribution in [3.05, 3.63) is 70.4 Å². The highest BCUT2D eigenvalue weighted by atomic mass is 32.1. The summed E-state index contributed by atoms with van der Waals surface area (Å²) in [6.07, 6.45) is -3.01. The van der Waals surface area contributed by atoms with Gasteiger partial charge in [-0.3, -0.25) is 24.0 Å². The number of carbonyl (C=O) groups excluding carboxylic acids is 4. The lowest BCUT2D eigenvalue weighted by Crippen LogP contribution is -2.49. The molecule has 3 atom stereocenters. The Balaban J connectivity index is 1.26. The standard InChI is InChI=1S/C40H41N5O16S/c46-19-60-33(13-14-34(51)52)45-39(59)43-28(37(55)56)10-6-21(47)2-1-15-41-32(50)12-11-29(38(57)58)44-40(62)42-20-3-7-24(27(16-20)36(53)54)35-25-8-4-22(48)17-30(25)61-31-18-23(49)5-9-26(31)35/h3-5,7-9,16-19,28-29,33,48H,1-2,6,10-15H2,(H,41,50)(H,51,52)(H,53,54)(H,55,56)(H,57,58)(H2,42,44,62)(H2,43,45,59)/t28-,29-,33+/m0/s1. The van der Waals surface area contributed by atoms with E-state index < -0.39 is 60.5 Å². The number of urea groups is 1. The highest BCUT2D eigenvalue weighted by Gasteiger charge is 2.25. The van der Waals surface area contributed by atoms with Gasteiger partial charge in [-0.1, -0.05) is 6.07 Å². The first-order chi connectivity index (χ1) is 29.4. The minimum Gasteiger partial charge on any atom is -0.508 e. The number of phenols is 1. The fraction of sp³-hybridized carbons (Fsp3) is 0.300. The number of rotatable bonds is 23. The molecule has 0 radical (unpaired) electrons. The van der Waals surface area contributed by atoms with Gasteiger partial charge in [-0.25, -0.2) is 19.2 Å². The van der Waals surface area contributed by atoms with Crippen LogP contribution in [0, 0.1) is 0 Å². The van der Waals surface area contributed by atoms with E-state index >= 15 is 0 Å². The maximum Gasteiger partial charge on any atom is 0.336 e. The number of fused-ring (bicyclic) bond motifs is 2. The first-order valence-corrected chi connectivity index (χ1v) is 19.1. The van der Waals surface area contributed by atoms with Gasteiger partial charge in [0.2, 0.25) is 5.91 Å². The Labute approximate surface area is 355 Å². The number of hydrogen-bond donors (Lipinski definition) is 10. The highest BCUT2D eigenvalue weighted by molar-refractivity contribution is 7.80. The number of carboxylic acids is 4. The van der Waals surface area contributed by atoms with Crippen LogP contribution in [-0.4, -0.2) is 104 Å². The lowest BCUT2D eigenvalue weighted by Gasteiger charge is -2.19. The number of Topliss-reactive ketones (excluding diaryl/α,β-unsaturated/α-hetero) is 1. The summed E-state index contributed by atoms with van der Waals surface area (Å²) < 4.78 is 10.4. The second-order valence-electron chi connectivity index (χ2n) is 13.6. The van der Waals surface area contributed by atoms with Crippen LogP contribution in [0.15, 0.2) is 63.8 Å². The number of amides is 3. The van der Waals surface area contributed by atoms with Crippen molar-refractivity contribution in [1.29, 1.82) is 0 Å². The Kier molecular flexibility index (Phi) is 16.8. The topological polar surface area (TPSA) is 337 Å². The molecule has 3 amide bonds. The average molecular weight is 880 g/mol. The second-order valence-corrected chi connectivity index (χ2v) is 14.0. The summed E-state index contributed by atoms with van der Waals surface area (Å²) in [5.74, 6) is -6.21. The van der Waals surface area contributed by atoms with Crippen LogP contribution in [0.2, 0.25) is 0 Å². The quantitative estimate of drug-likeness (QED) is 0.0168. The van der Waals surface area contributed by atoms with Gasteiger partial charge in [0, 0.05) is 66.6 Å². The Bertz CT molecular complexity index is 2400. The van der Waals surface area contributed by atoms with Gasteiger partial charge in [-0.05, 0) is 73.4 Å². The number of carboxylic acid groups (broad SMARTS) is 4. The van der Waals surface area contributed by atoms with Gasteiger partial charge in [0.15, 0.2) is 16.8 Å². The van der Waals surface area contributed by atoms with Gasteiger partial charge >= 0.3 is 29.9 Å². The number of ether oxygens (including phenoxy) is 1. The molecule has 2 aromatic rings. The van der Waals surface area contributed by atoms with E-state index in [-0.39, 0.29) is 108 Å². The largest absolute Gasteiger partial charge is 0.508 e. The van der Waals surface area contributed by atoms with Crippen LogP contribution in [-0.2, 0) is 33.5 Å². The number of phenolic OH excluding ortho intramolecular Hbond substituents is 1. The molecule has 0 spiro atoms. The third-order valence-corrected chi connectivity index (χ3v) is 9.34. The molecule has 0 aromatic heterocycles. The summed E-state index contributed by atoms with van der Waals surface area (Å²) >= 11 is 5.30. The number of benzene rings is 3. The van der Waals surface area contributed by atoms with Crippen LogP contribution in [0.1, 0.15) is 61.7 Å². The van der Waals surface area contributed by atoms with E-state index in [2.05, 4.69) is 31.3 Å². The monoisotopic (exact) mass is 879 g/mol. The molecule has 1 heterocycles. The average Bonchev–Trinajstić information content (AvgIpc) is 3.20. The predicted octanol–water partition coefficient (Wildman–Crippen LogP) is 2.85. The van der Waals surface area contributed by atoms with Crippen LogP contribution in [0.3, 0.4) is 0 Å². The van der Waals surface area contributed by atoms with Crippen molar-refractivity contribution in [3.8, 4) is 28.2 Å². The lowest BCUT2D eigenvalue weighted by molar-refractivity contribution is -0.141. The summed E-state index contributed by atoms with van der Waals surface area (Å²) in [5, 5.41) is 60.7. The molecule has 0 saturated carbocycles. The third-order valence-electron chi connectivity index (χ3n) is 9.12. The predicted molar refractivity (Wildman–Crippen MR) is 221 cm³/mol. The van der Waals surface area contributed by atoms with Crippen molar-refractivity contribution >= 4 is 82.1 Å². The number of aromatic hydroxyl groups is 1. The van der Waals surface area contributed by atoms with E-state index in [9.17, 15) is 63.6 Å². The zero-order chi connectivity index (χ0) is 45.5. The van der Waals surface area contributed by atoms with Crippen molar-refractivity contribution in [1.82, 2.24) is 21.3 Å². The number of aliphatic carboxylic acids is 3. The minimum absolute atomic E-state index is 0.0116. The SMILES string of the molecule is O=CO[C@H](CCC(=O)O)NC(=O)N[C@@H](CCC(=O)CCCNC(=O)CC[C@H](NC(=S)Nc1ccc(-c2c3ccc(=O)cc-3oc3cc(O)ccc23)c(C(=O)O)c1)C(=O)O)C(=O)O. The van der Waals surface area contributed by atoms with Crippen LogP contribution in [0.4, 0.5) is 10.5 Å². The molecular weight excluding hydrogens is 839 g/mol. The molecule has 0 unspecified atom stereocenters. The Morgan fingerprint density at radius 1 is 0.774 bits per heavy atom. The summed E-state index contributed by atoms with van der Waals surface area (Å²) in [6, 6.07) is 8.70. The van der Waals surface area contributed by atoms with Gasteiger partial charge in [-0.15, -0.1) is 0 Å². The molecule has 21 nitrogen and oxygen atoms in total. The zero-order valence-electron chi connectivity index (χ0n) is 32.5. The van der Waals surface area contributed by atoms with Gasteiger partial charge in [0.1, 0.15) is 35.0 Å². The van der Waals surface area contributed by atoms with Crippen molar-refractivity contribution in [3.63, 3.8) is 0 Å². The van der Waals surface area contributed by atoms with E-state index in [4.69, 9.17) is 21.7 Å². The van der Waals surface area contributed by atoms with E-state index in [0.29, 0.717) is 16.5 Å². The van der Waals surface area contributed by atoms with Crippen LogP contribution in [0.25, 0.3) is 33.4 Å². The van der Waals surface area contributed by atoms with E-state index in [1.165, 1.54) is 48.5 Å². The number of anilines is 1. The van der Waals surface area contributed by atoms with Gasteiger partial charge in [0.05, 0.1) is 12.0 Å². The zero-order valence-corrected chi connectivity index (χ0v) is 33.3. The van der Waals surface area contributed by atoms with E-state index in [0.717, 1.165) is 0 Å². The molecule has 10 N–H and O–H groups in total. The maximum absolute atomic E-state index is 12.6. The Morgan fingerprint density at radius 3 is 2.15 bits per heavy atom. The molecule has 62 heavy (non-hydrogen) atoms. The number of ketones is 1. The van der Waals surface area contributed by atoms with Crippen molar-refractivity contribution in [2.45, 2.75) is 69.7 Å². The second kappa shape index (κ2) is 22.1. The first kappa shape index (κ1) is 47.1. The smallest absolute Gasteiger partial charge is 0.336 e. The molecule has 2 aliphatic rings. The molecule has 22 heteroatoms. The molecule has 1 aliphatic heterocycles. The number of carbonyl (C=O) groups is 8. The molecule has 0 bridgehead atoms. The molecule has 2 aromatic carbocycles. The summed E-state index contributed by atoms with van der Waals surface area (Å²) in [5.41, 5.74) is 0.935. The molecule has 0 fully saturated rings. The number of aromatic carboxylic acids is 1. The normalized spacial score (nSPS) is 12.3. The van der Waals surface area contributed by atoms with Crippen LogP contribution >= 0.6 is 12.2 Å². The number of nitrogens with one attached hydrogen (secondary N) is 5. The fourth-order valence-electron chi connectivity index (χ4n) is 6.16. The highest BCUT2D eigenvalue weighted by Crippen LogP contribution is 2.42. The summed E-state index contributed by atoms with van der Waals surface area (Å²) in [4.78, 5) is 107. The Morgan fingerprint density at radius 2 is 1.47 bits per heavy atom. The number of thiocarbonyl (C=S) groups is 1. The third kappa shape index (κ3) is 13.7. The number of hydrogen-bond acceptors (Lipinski definition) is 13. The van der Waals surface area contributed by atoms with E-state index in [1.807, 2.05) is 0 Å². The molecule has 4 rings (SSSR count). The summed E-state index contributed by atoms with van der Waals surface area (Å²) in [7, 11) is 0. The lowest BCUT2D eigenvalue weighted by atomic mass is 9.90. The fourth-order valence-corrected chi connectivity index (χ4v) is 6.42. The maximum atomic E-state index is 12.6. The molecule has 1 aliphatic carbocycles.